The molecule has 0 aliphatic rings. The second kappa shape index (κ2) is 8.81. The third-order valence-electron chi connectivity index (χ3n) is 3.53. The standard InChI is InChI=1S/C20H27N3OS/c1-14(2)11-16(5)22-23-18(13-25-20(23)21-12-15(3)4)17-9-7-8-10-19(17)24-6/h7-10,13-14H,3,11-12H2,1-2,4-6H3. The first-order valence-electron chi connectivity index (χ1n) is 8.45. The Labute approximate surface area is 154 Å². The number of benzene rings is 1. The summed E-state index contributed by atoms with van der Waals surface area (Å²) in [5.74, 6) is 1.39. The van der Waals surface area contributed by atoms with Gasteiger partial charge in [0.05, 0.1) is 19.3 Å². The molecule has 1 aromatic heterocycles. The van der Waals surface area contributed by atoms with Crippen LogP contribution in [0.1, 0.15) is 34.1 Å². The maximum atomic E-state index is 5.53. The van der Waals surface area contributed by atoms with Gasteiger partial charge in [0.15, 0.2) is 0 Å². The Balaban J connectivity index is 2.61. The van der Waals surface area contributed by atoms with E-state index >= 15 is 0 Å². The molecular weight excluding hydrogens is 330 g/mol. The van der Waals surface area contributed by atoms with E-state index in [1.54, 1.807) is 18.4 Å². The van der Waals surface area contributed by atoms with Crippen molar-refractivity contribution < 1.29 is 4.74 Å². The Kier molecular flexibility index (Phi) is 6.76. The number of hydrogen-bond donors (Lipinski definition) is 0. The van der Waals surface area contributed by atoms with Crippen LogP contribution in [0.4, 0.5) is 0 Å². The van der Waals surface area contributed by atoms with Crippen molar-refractivity contribution in [3.05, 3.63) is 46.6 Å². The van der Waals surface area contributed by atoms with Crippen LogP contribution in [0, 0.1) is 5.92 Å². The minimum absolute atomic E-state index is 0.563. The number of aromatic nitrogens is 1. The maximum Gasteiger partial charge on any atom is 0.206 e. The molecule has 0 unspecified atom stereocenters. The number of thiazole rings is 1. The Hall–Kier alpha value is -2.14. The highest BCUT2D eigenvalue weighted by atomic mass is 32.1. The molecule has 1 aromatic carbocycles. The van der Waals surface area contributed by atoms with Crippen LogP contribution in [0.15, 0.2) is 51.9 Å². The van der Waals surface area contributed by atoms with E-state index in [2.05, 4.69) is 37.7 Å². The summed E-state index contributed by atoms with van der Waals surface area (Å²) in [6, 6.07) is 7.99. The minimum Gasteiger partial charge on any atom is -0.496 e. The summed E-state index contributed by atoms with van der Waals surface area (Å²) in [6.45, 7) is 13.0. The predicted octanol–water partition coefficient (Wildman–Crippen LogP) is 4.97. The van der Waals surface area contributed by atoms with E-state index in [1.807, 2.05) is 35.9 Å². The largest absolute Gasteiger partial charge is 0.496 e. The van der Waals surface area contributed by atoms with Crippen molar-refractivity contribution in [2.24, 2.45) is 16.0 Å². The lowest BCUT2D eigenvalue weighted by molar-refractivity contribution is 0.416. The van der Waals surface area contributed by atoms with Gasteiger partial charge in [0.2, 0.25) is 4.80 Å². The van der Waals surface area contributed by atoms with Gasteiger partial charge in [-0.1, -0.05) is 38.1 Å². The molecule has 0 aliphatic carbocycles. The van der Waals surface area contributed by atoms with Crippen molar-refractivity contribution in [3.8, 4) is 17.0 Å². The topological polar surface area (TPSA) is 38.9 Å². The number of methoxy groups -OCH3 is 1. The zero-order chi connectivity index (χ0) is 18.4. The Morgan fingerprint density at radius 3 is 2.64 bits per heavy atom. The van der Waals surface area contributed by atoms with E-state index in [1.165, 1.54) is 0 Å². The van der Waals surface area contributed by atoms with Crippen LogP contribution in [0.3, 0.4) is 0 Å². The van der Waals surface area contributed by atoms with E-state index in [0.29, 0.717) is 12.5 Å². The maximum absolute atomic E-state index is 5.53. The summed E-state index contributed by atoms with van der Waals surface area (Å²) in [5.41, 5.74) is 4.12. The molecular formula is C20H27N3OS. The van der Waals surface area contributed by atoms with Crippen molar-refractivity contribution >= 4 is 17.0 Å². The zero-order valence-electron chi connectivity index (χ0n) is 15.7. The summed E-state index contributed by atoms with van der Waals surface area (Å²) in [7, 11) is 1.69. The summed E-state index contributed by atoms with van der Waals surface area (Å²) < 4.78 is 7.46. The van der Waals surface area contributed by atoms with Crippen LogP contribution >= 0.6 is 11.3 Å². The fourth-order valence-corrected chi connectivity index (χ4v) is 3.37. The minimum atomic E-state index is 0.563. The van der Waals surface area contributed by atoms with Crippen molar-refractivity contribution in [2.75, 3.05) is 13.7 Å². The lowest BCUT2D eigenvalue weighted by Gasteiger charge is -2.10. The third kappa shape index (κ3) is 5.16. The molecule has 0 radical (unpaired) electrons. The molecule has 0 spiro atoms. The van der Waals surface area contributed by atoms with Crippen molar-refractivity contribution in [1.82, 2.24) is 4.68 Å². The Bertz CT molecular complexity index is 827. The third-order valence-corrected chi connectivity index (χ3v) is 4.38. The summed E-state index contributed by atoms with van der Waals surface area (Å²) in [5, 5.41) is 6.94. The Morgan fingerprint density at radius 2 is 2.00 bits per heavy atom. The van der Waals surface area contributed by atoms with Crippen LogP contribution in [-0.4, -0.2) is 24.0 Å². The number of ether oxygens (including phenoxy) is 1. The molecule has 0 bridgehead atoms. The van der Waals surface area contributed by atoms with Gasteiger partial charge in [-0.3, -0.25) is 4.99 Å². The average molecular weight is 358 g/mol. The lowest BCUT2D eigenvalue weighted by atomic mass is 10.1. The predicted molar refractivity (Wildman–Crippen MR) is 108 cm³/mol. The van der Waals surface area contributed by atoms with Gasteiger partial charge in [-0.2, -0.15) is 5.10 Å². The van der Waals surface area contributed by atoms with Gasteiger partial charge in [-0.25, -0.2) is 4.68 Å². The van der Waals surface area contributed by atoms with Crippen molar-refractivity contribution in [1.29, 1.82) is 0 Å². The second-order valence-electron chi connectivity index (χ2n) is 6.62. The van der Waals surface area contributed by atoms with E-state index in [9.17, 15) is 0 Å². The zero-order valence-corrected chi connectivity index (χ0v) is 16.6. The number of hydrogen-bond acceptors (Lipinski definition) is 4. The monoisotopic (exact) mass is 357 g/mol. The Morgan fingerprint density at radius 1 is 1.28 bits per heavy atom. The summed E-state index contributed by atoms with van der Waals surface area (Å²) in [6.07, 6.45) is 0.953. The van der Waals surface area contributed by atoms with Crippen molar-refractivity contribution in [3.63, 3.8) is 0 Å². The molecule has 25 heavy (non-hydrogen) atoms. The molecule has 0 amide bonds. The van der Waals surface area contributed by atoms with Crippen LogP contribution in [0.5, 0.6) is 5.75 Å². The summed E-state index contributed by atoms with van der Waals surface area (Å²) in [4.78, 5) is 5.54. The first-order chi connectivity index (χ1) is 11.9. The SMILES string of the molecule is C=C(C)CN=c1scc(-c2ccccc2OC)n1N=C(C)CC(C)C. The molecule has 134 valence electrons. The number of nitrogens with zero attached hydrogens (tertiary/aromatic N) is 3. The van der Waals surface area contributed by atoms with Gasteiger partial charge in [-0.15, -0.1) is 11.3 Å². The van der Waals surface area contributed by atoms with Gasteiger partial charge in [0.1, 0.15) is 5.75 Å². The van der Waals surface area contributed by atoms with Gasteiger partial charge in [0, 0.05) is 16.7 Å². The number of rotatable bonds is 7. The molecule has 1 heterocycles. The van der Waals surface area contributed by atoms with Gasteiger partial charge in [-0.05, 0) is 38.3 Å². The highest BCUT2D eigenvalue weighted by Gasteiger charge is 2.12. The summed E-state index contributed by atoms with van der Waals surface area (Å²) >= 11 is 1.59. The highest BCUT2D eigenvalue weighted by molar-refractivity contribution is 7.07. The van der Waals surface area contributed by atoms with E-state index in [-0.39, 0.29) is 0 Å². The molecule has 0 N–H and O–H groups in total. The first-order valence-corrected chi connectivity index (χ1v) is 9.33. The smallest absolute Gasteiger partial charge is 0.206 e. The van der Waals surface area contributed by atoms with Crippen molar-refractivity contribution in [2.45, 2.75) is 34.1 Å². The molecule has 5 heteroatoms. The molecule has 2 aromatic rings. The lowest BCUT2D eigenvalue weighted by Crippen LogP contribution is -2.15. The highest BCUT2D eigenvalue weighted by Crippen LogP contribution is 2.30. The van der Waals surface area contributed by atoms with Crippen LogP contribution in [0.25, 0.3) is 11.3 Å². The van der Waals surface area contributed by atoms with E-state index in [0.717, 1.165) is 39.5 Å². The second-order valence-corrected chi connectivity index (χ2v) is 7.46. The van der Waals surface area contributed by atoms with Crippen LogP contribution in [0.2, 0.25) is 0 Å². The van der Waals surface area contributed by atoms with E-state index in [4.69, 9.17) is 9.84 Å². The first kappa shape index (κ1) is 19.2. The molecule has 0 saturated heterocycles. The molecule has 2 rings (SSSR count). The number of para-hydroxylation sites is 1. The molecule has 0 fully saturated rings. The van der Waals surface area contributed by atoms with Crippen LogP contribution in [-0.2, 0) is 0 Å². The fraction of sp³-hybridized carbons (Fsp3) is 0.400. The van der Waals surface area contributed by atoms with E-state index < -0.39 is 0 Å². The van der Waals surface area contributed by atoms with Gasteiger partial charge >= 0.3 is 0 Å². The molecule has 0 saturated carbocycles. The average Bonchev–Trinajstić information content (AvgIpc) is 2.94. The molecule has 0 atom stereocenters. The fourth-order valence-electron chi connectivity index (χ4n) is 2.55. The molecule has 0 aliphatic heterocycles. The molecule has 4 nitrogen and oxygen atoms in total. The van der Waals surface area contributed by atoms with Crippen LogP contribution < -0.4 is 9.54 Å². The van der Waals surface area contributed by atoms with Gasteiger partial charge < -0.3 is 4.74 Å². The quantitative estimate of drug-likeness (QED) is 0.509. The van der Waals surface area contributed by atoms with Gasteiger partial charge in [0.25, 0.3) is 0 Å². The normalized spacial score (nSPS) is 12.7.